The summed E-state index contributed by atoms with van der Waals surface area (Å²) in [7, 11) is 4.17. The number of ether oxygens (including phenoxy) is 2. The molecule has 2 fully saturated rings. The number of nitrogens with zero attached hydrogens (tertiary/aromatic N) is 2. The SMILES string of the molecule is CC1CN(C(=O)CCOCC2CCCO2)CC1N(C)C. The van der Waals surface area contributed by atoms with Gasteiger partial charge in [0.25, 0.3) is 0 Å². The predicted octanol–water partition coefficient (Wildman–Crippen LogP) is 0.981. The van der Waals surface area contributed by atoms with E-state index in [-0.39, 0.29) is 12.0 Å². The van der Waals surface area contributed by atoms with E-state index in [0.717, 1.165) is 32.5 Å². The first-order chi connectivity index (χ1) is 9.58. The minimum atomic E-state index is 0.216. The third-order valence-corrected chi connectivity index (χ3v) is 4.38. The summed E-state index contributed by atoms with van der Waals surface area (Å²) in [4.78, 5) is 16.3. The first-order valence-corrected chi connectivity index (χ1v) is 7.71. The van der Waals surface area contributed by atoms with Crippen molar-refractivity contribution in [2.24, 2.45) is 5.92 Å². The highest BCUT2D eigenvalue weighted by molar-refractivity contribution is 5.76. The normalized spacial score (nSPS) is 30.4. The second-order valence-electron chi connectivity index (χ2n) is 6.27. The summed E-state index contributed by atoms with van der Waals surface area (Å²) in [6.45, 7) is 5.92. The highest BCUT2D eigenvalue weighted by Crippen LogP contribution is 2.20. The predicted molar refractivity (Wildman–Crippen MR) is 77.6 cm³/mol. The Morgan fingerprint density at radius 3 is 2.80 bits per heavy atom. The number of likely N-dealkylation sites (tertiary alicyclic amines) is 1. The quantitative estimate of drug-likeness (QED) is 0.682. The first-order valence-electron chi connectivity index (χ1n) is 7.71. The minimum absolute atomic E-state index is 0.216. The van der Waals surface area contributed by atoms with Crippen LogP contribution in [0.25, 0.3) is 0 Å². The zero-order chi connectivity index (χ0) is 14.5. The van der Waals surface area contributed by atoms with Crippen molar-refractivity contribution in [2.75, 3.05) is 47.0 Å². The lowest BCUT2D eigenvalue weighted by atomic mass is 10.1. The van der Waals surface area contributed by atoms with Crippen molar-refractivity contribution in [1.29, 1.82) is 0 Å². The van der Waals surface area contributed by atoms with Crippen molar-refractivity contribution < 1.29 is 14.3 Å². The van der Waals surface area contributed by atoms with Gasteiger partial charge < -0.3 is 19.3 Å². The van der Waals surface area contributed by atoms with Crippen molar-refractivity contribution in [3.05, 3.63) is 0 Å². The van der Waals surface area contributed by atoms with E-state index in [1.807, 2.05) is 4.90 Å². The molecule has 20 heavy (non-hydrogen) atoms. The van der Waals surface area contributed by atoms with E-state index in [9.17, 15) is 4.79 Å². The average Bonchev–Trinajstić information content (AvgIpc) is 3.03. The molecular formula is C15H28N2O3. The average molecular weight is 284 g/mol. The van der Waals surface area contributed by atoms with Crippen LogP contribution in [0.4, 0.5) is 0 Å². The molecule has 2 heterocycles. The van der Waals surface area contributed by atoms with Crippen LogP contribution in [0.3, 0.4) is 0 Å². The largest absolute Gasteiger partial charge is 0.378 e. The van der Waals surface area contributed by atoms with E-state index in [1.54, 1.807) is 0 Å². The molecule has 2 aliphatic rings. The third kappa shape index (κ3) is 4.17. The van der Waals surface area contributed by atoms with Crippen LogP contribution >= 0.6 is 0 Å². The zero-order valence-electron chi connectivity index (χ0n) is 13.0. The summed E-state index contributed by atoms with van der Waals surface area (Å²) in [5.41, 5.74) is 0. The van der Waals surface area contributed by atoms with Crippen LogP contribution in [0.2, 0.25) is 0 Å². The van der Waals surface area contributed by atoms with E-state index in [0.29, 0.717) is 31.6 Å². The van der Waals surface area contributed by atoms with E-state index in [2.05, 4.69) is 25.9 Å². The van der Waals surface area contributed by atoms with E-state index >= 15 is 0 Å². The number of carbonyl (C=O) groups is 1. The molecule has 0 N–H and O–H groups in total. The molecule has 0 saturated carbocycles. The highest BCUT2D eigenvalue weighted by Gasteiger charge is 2.33. The zero-order valence-corrected chi connectivity index (χ0v) is 13.0. The molecule has 0 aromatic carbocycles. The number of rotatable bonds is 6. The van der Waals surface area contributed by atoms with Gasteiger partial charge in [-0.05, 0) is 32.9 Å². The Morgan fingerprint density at radius 2 is 2.20 bits per heavy atom. The molecule has 3 atom stereocenters. The van der Waals surface area contributed by atoms with Crippen molar-refractivity contribution in [3.8, 4) is 0 Å². The van der Waals surface area contributed by atoms with Gasteiger partial charge in [-0.3, -0.25) is 4.79 Å². The lowest BCUT2D eigenvalue weighted by Crippen LogP contribution is -2.36. The molecule has 0 radical (unpaired) electrons. The van der Waals surface area contributed by atoms with Gasteiger partial charge in [0.1, 0.15) is 0 Å². The Balaban J connectivity index is 1.62. The van der Waals surface area contributed by atoms with Crippen LogP contribution in [0.15, 0.2) is 0 Å². The van der Waals surface area contributed by atoms with Gasteiger partial charge in [-0.15, -0.1) is 0 Å². The fraction of sp³-hybridized carbons (Fsp3) is 0.933. The van der Waals surface area contributed by atoms with Gasteiger partial charge in [-0.2, -0.15) is 0 Å². The summed E-state index contributed by atoms with van der Waals surface area (Å²) in [6, 6.07) is 0.478. The molecule has 2 saturated heterocycles. The minimum Gasteiger partial charge on any atom is -0.378 e. The maximum Gasteiger partial charge on any atom is 0.224 e. The number of hydrogen-bond donors (Lipinski definition) is 0. The molecule has 0 aliphatic carbocycles. The smallest absolute Gasteiger partial charge is 0.224 e. The summed E-state index contributed by atoms with van der Waals surface area (Å²) in [6.07, 6.45) is 2.95. The van der Waals surface area contributed by atoms with Gasteiger partial charge in [0.15, 0.2) is 0 Å². The van der Waals surface area contributed by atoms with Crippen molar-refractivity contribution >= 4 is 5.91 Å². The van der Waals surface area contributed by atoms with Crippen LogP contribution in [0.1, 0.15) is 26.2 Å². The van der Waals surface area contributed by atoms with Gasteiger partial charge in [0.2, 0.25) is 5.91 Å². The van der Waals surface area contributed by atoms with Crippen molar-refractivity contribution in [2.45, 2.75) is 38.3 Å². The standard InChI is InChI=1S/C15H28N2O3/c1-12-9-17(10-14(12)16(2)3)15(18)6-8-19-11-13-5-4-7-20-13/h12-14H,4-11H2,1-3H3. The summed E-state index contributed by atoms with van der Waals surface area (Å²) in [5, 5.41) is 0. The number of carbonyl (C=O) groups excluding carboxylic acids is 1. The summed E-state index contributed by atoms with van der Waals surface area (Å²) < 4.78 is 11.1. The summed E-state index contributed by atoms with van der Waals surface area (Å²) in [5.74, 6) is 0.760. The van der Waals surface area contributed by atoms with Crippen LogP contribution in [0, 0.1) is 5.92 Å². The summed E-state index contributed by atoms with van der Waals surface area (Å²) >= 11 is 0. The Bertz CT molecular complexity index is 316. The molecule has 0 aromatic rings. The van der Waals surface area contributed by atoms with Gasteiger partial charge in [0, 0.05) is 25.7 Å². The van der Waals surface area contributed by atoms with E-state index in [1.165, 1.54) is 0 Å². The monoisotopic (exact) mass is 284 g/mol. The number of amides is 1. The van der Waals surface area contributed by atoms with Crippen LogP contribution in [-0.4, -0.2) is 74.9 Å². The topological polar surface area (TPSA) is 42.0 Å². The van der Waals surface area contributed by atoms with E-state index < -0.39 is 0 Å². The lowest BCUT2D eigenvalue weighted by Gasteiger charge is -2.22. The second-order valence-corrected chi connectivity index (χ2v) is 6.27. The molecule has 2 aliphatic heterocycles. The molecule has 5 heteroatoms. The van der Waals surface area contributed by atoms with Crippen LogP contribution in [0.5, 0.6) is 0 Å². The molecule has 1 amide bonds. The van der Waals surface area contributed by atoms with Crippen molar-refractivity contribution in [1.82, 2.24) is 9.80 Å². The molecule has 3 unspecified atom stereocenters. The molecule has 0 bridgehead atoms. The molecule has 2 rings (SSSR count). The number of hydrogen-bond acceptors (Lipinski definition) is 4. The Morgan fingerprint density at radius 1 is 1.40 bits per heavy atom. The fourth-order valence-electron chi connectivity index (χ4n) is 3.13. The highest BCUT2D eigenvalue weighted by atomic mass is 16.5. The van der Waals surface area contributed by atoms with Gasteiger partial charge in [0.05, 0.1) is 25.7 Å². The third-order valence-electron chi connectivity index (χ3n) is 4.38. The van der Waals surface area contributed by atoms with Crippen molar-refractivity contribution in [3.63, 3.8) is 0 Å². The second kappa shape index (κ2) is 7.38. The molecule has 0 aromatic heterocycles. The van der Waals surface area contributed by atoms with Crippen LogP contribution < -0.4 is 0 Å². The molecule has 5 nitrogen and oxygen atoms in total. The number of likely N-dealkylation sites (N-methyl/N-ethyl adjacent to an activating group) is 1. The molecule has 116 valence electrons. The first kappa shape index (κ1) is 15.7. The van der Waals surface area contributed by atoms with Gasteiger partial charge in [-0.25, -0.2) is 0 Å². The Labute approximate surface area is 122 Å². The molecule has 0 spiro atoms. The fourth-order valence-corrected chi connectivity index (χ4v) is 3.13. The Hall–Kier alpha value is -0.650. The maximum absolute atomic E-state index is 12.2. The van der Waals surface area contributed by atoms with Crippen LogP contribution in [-0.2, 0) is 14.3 Å². The maximum atomic E-state index is 12.2. The molecular weight excluding hydrogens is 256 g/mol. The van der Waals surface area contributed by atoms with Gasteiger partial charge in [-0.1, -0.05) is 6.92 Å². The lowest BCUT2D eigenvalue weighted by molar-refractivity contribution is -0.131. The van der Waals surface area contributed by atoms with E-state index in [4.69, 9.17) is 9.47 Å². The van der Waals surface area contributed by atoms with Gasteiger partial charge >= 0.3 is 0 Å². The Kier molecular flexibility index (Phi) is 5.81.